The van der Waals surface area contributed by atoms with Gasteiger partial charge in [-0.1, -0.05) is 38.3 Å². The molecule has 0 aromatic carbocycles. The summed E-state index contributed by atoms with van der Waals surface area (Å²) in [5, 5.41) is 34.1. The first-order chi connectivity index (χ1) is 36.9. The molecule has 0 spiro atoms. The van der Waals surface area contributed by atoms with E-state index in [-0.39, 0.29) is 61.5 Å². The number of fused-ring (bicyclic) bond motifs is 10. The minimum absolute atomic E-state index is 0.00274. The van der Waals surface area contributed by atoms with E-state index in [1.54, 1.807) is 19.1 Å². The number of hydrogen-bond acceptors (Lipinski definition) is 20. The molecule has 27 atom stereocenters. The smallest absolute Gasteiger partial charge is 0.387 e. The van der Waals surface area contributed by atoms with Crippen LogP contribution in [0.5, 0.6) is 0 Å². The molecule has 0 bridgehead atoms. The molecule has 79 heavy (non-hydrogen) atoms. The third-order valence-electron chi connectivity index (χ3n) is 19.8. The first-order valence-corrected chi connectivity index (χ1v) is 31.0. The second kappa shape index (κ2) is 21.3. The third-order valence-corrected chi connectivity index (χ3v) is 20.7. The molecule has 0 aliphatic carbocycles. The van der Waals surface area contributed by atoms with Gasteiger partial charge in [-0.15, -0.1) is 6.58 Å². The fourth-order valence-corrected chi connectivity index (χ4v) is 16.1. The summed E-state index contributed by atoms with van der Waals surface area (Å²) in [4.78, 5) is 0. The lowest BCUT2D eigenvalue weighted by atomic mass is 9.73. The van der Waals surface area contributed by atoms with Gasteiger partial charge < -0.3 is 67.4 Å². The summed E-state index contributed by atoms with van der Waals surface area (Å²) >= 11 is 0. The van der Waals surface area contributed by atoms with Crippen molar-refractivity contribution in [2.45, 2.75) is 281 Å². The Balaban J connectivity index is 0.748. The van der Waals surface area contributed by atoms with Gasteiger partial charge in [-0.25, -0.2) is 8.37 Å². The Morgan fingerprint density at radius 1 is 0.709 bits per heavy atom. The topological polar surface area (TPSA) is 289 Å². The summed E-state index contributed by atoms with van der Waals surface area (Å²) in [5.74, 6) is 0.0510. The van der Waals surface area contributed by atoms with Crippen LogP contribution in [0.3, 0.4) is 0 Å². The Kier molecular flexibility index (Phi) is 15.9. The van der Waals surface area contributed by atoms with Crippen LogP contribution in [0.4, 0.5) is 0 Å². The average molecular weight is 1160 g/mol. The number of hydrogen-bond donors (Lipinski definition) is 5. The van der Waals surface area contributed by atoms with Gasteiger partial charge in [0.05, 0.1) is 127 Å². The second-order valence-corrected chi connectivity index (χ2v) is 27.8. The number of rotatable bonds is 11. The van der Waals surface area contributed by atoms with Crippen LogP contribution in [-0.4, -0.2) is 204 Å². The predicted molar refractivity (Wildman–Crippen MR) is 277 cm³/mol. The predicted octanol–water partition coefficient (Wildman–Crippen LogP) is 4.03. The van der Waals surface area contributed by atoms with Crippen LogP contribution in [0.2, 0.25) is 0 Å². The summed E-state index contributed by atoms with van der Waals surface area (Å²) in [6.07, 6.45) is -1.23. The van der Waals surface area contributed by atoms with Crippen LogP contribution in [0.15, 0.2) is 49.1 Å². The SMILES string of the molecule is C=C[C@H](O)C(=C)/C=C/[C@@](C)(O)[C@H]1O[C@@H]2C[C@@H]3O[C@@H]4C[C@@H]5O[C@@H]6C[C@@H]7O[C@@H]8C[C@@H]9O[C@@H]%10C[C@@H]%11O[C@](C)(CCOS(=O)(=O)O)[C@@H](OS(=O)(=O)O)C[C@H]%11O[C@H]%10C[C@H]9O[C@H]8CC[C@@]7(C)O[C@@]6(C)CC[C@H](C)[C@H]5O[C@H]4[C@@H](O)[C@@]3(C)O[C@H]2CC1=C. The second-order valence-electron chi connectivity index (χ2n) is 25.6. The van der Waals surface area contributed by atoms with Gasteiger partial charge in [0.2, 0.25) is 0 Å². The minimum Gasteiger partial charge on any atom is -0.387 e. The van der Waals surface area contributed by atoms with E-state index in [9.17, 15) is 36.7 Å². The Morgan fingerprint density at radius 2 is 1.27 bits per heavy atom. The molecule has 22 nitrogen and oxygen atoms in total. The Hall–Kier alpha value is -1.86. The van der Waals surface area contributed by atoms with Crippen LogP contribution in [0, 0.1) is 5.92 Å². The highest BCUT2D eigenvalue weighted by Crippen LogP contribution is 2.54. The van der Waals surface area contributed by atoms with E-state index in [1.165, 1.54) is 13.0 Å². The lowest BCUT2D eigenvalue weighted by Crippen LogP contribution is -2.74. The maximum absolute atomic E-state index is 12.3. The summed E-state index contributed by atoms with van der Waals surface area (Å²) < 4.78 is 151. The molecule has 11 fully saturated rings. The van der Waals surface area contributed by atoms with Crippen molar-refractivity contribution in [3.05, 3.63) is 49.1 Å². The van der Waals surface area contributed by atoms with Gasteiger partial charge in [-0.3, -0.25) is 9.11 Å². The minimum atomic E-state index is -4.95. The largest absolute Gasteiger partial charge is 0.397 e. The van der Waals surface area contributed by atoms with Crippen molar-refractivity contribution in [1.29, 1.82) is 0 Å². The first kappa shape index (κ1) is 58.9. The van der Waals surface area contributed by atoms with Gasteiger partial charge in [0.1, 0.15) is 35.6 Å². The van der Waals surface area contributed by atoms with Crippen LogP contribution in [-0.2, 0) is 81.3 Å². The zero-order valence-corrected chi connectivity index (χ0v) is 47.6. The van der Waals surface area contributed by atoms with Crippen molar-refractivity contribution in [1.82, 2.24) is 0 Å². The molecule has 24 heteroatoms. The lowest BCUT2D eigenvalue weighted by molar-refractivity contribution is -0.369. The van der Waals surface area contributed by atoms with Crippen molar-refractivity contribution in [3.8, 4) is 0 Å². The monoisotopic (exact) mass is 1160 g/mol. The molecule has 0 aromatic rings. The van der Waals surface area contributed by atoms with Crippen molar-refractivity contribution < 1.29 is 102 Å². The molecule has 11 heterocycles. The molecule has 0 amide bonds. The van der Waals surface area contributed by atoms with E-state index in [1.807, 2.05) is 6.92 Å². The molecule has 0 saturated carbocycles. The summed E-state index contributed by atoms with van der Waals surface area (Å²) in [6.45, 7) is 22.7. The fraction of sp³-hybridized carbons (Fsp3) is 0.855. The molecular formula is C55H82O22S2. The summed E-state index contributed by atoms with van der Waals surface area (Å²) in [7, 11) is -9.75. The van der Waals surface area contributed by atoms with Gasteiger partial charge in [-0.05, 0) is 83.8 Å². The average Bonchev–Trinajstić information content (AvgIpc) is 3.52. The molecule has 0 radical (unpaired) electrons. The van der Waals surface area contributed by atoms with E-state index in [0.29, 0.717) is 75.4 Å². The van der Waals surface area contributed by atoms with E-state index in [2.05, 4.69) is 44.7 Å². The molecule has 11 saturated heterocycles. The Morgan fingerprint density at radius 3 is 1.91 bits per heavy atom. The number of aliphatic hydroxyl groups excluding tert-OH is 2. The molecular weight excluding hydrogens is 1080 g/mol. The number of aliphatic hydroxyl groups is 3. The van der Waals surface area contributed by atoms with E-state index in [4.69, 9.17) is 60.8 Å². The first-order valence-electron chi connectivity index (χ1n) is 28.3. The van der Waals surface area contributed by atoms with Gasteiger partial charge in [0.15, 0.2) is 0 Å². The highest BCUT2D eigenvalue weighted by molar-refractivity contribution is 7.81. The van der Waals surface area contributed by atoms with Gasteiger partial charge >= 0.3 is 20.8 Å². The Bertz CT molecular complexity index is 2580. The van der Waals surface area contributed by atoms with Crippen molar-refractivity contribution >= 4 is 20.8 Å². The van der Waals surface area contributed by atoms with E-state index < -0.39 is 141 Å². The quantitative estimate of drug-likeness (QED) is 0.111. The Labute approximate surface area is 463 Å². The van der Waals surface area contributed by atoms with Crippen LogP contribution in [0.1, 0.15) is 125 Å². The molecule has 11 rings (SSSR count). The third kappa shape index (κ3) is 11.5. The van der Waals surface area contributed by atoms with Crippen molar-refractivity contribution in [3.63, 3.8) is 0 Å². The highest BCUT2D eigenvalue weighted by Gasteiger charge is 2.65. The van der Waals surface area contributed by atoms with Crippen molar-refractivity contribution in [2.24, 2.45) is 5.92 Å². The van der Waals surface area contributed by atoms with E-state index in [0.717, 1.165) is 6.42 Å². The van der Waals surface area contributed by atoms with Crippen LogP contribution in [0.25, 0.3) is 0 Å². The maximum atomic E-state index is 12.3. The normalized spacial score (nSPS) is 50.9. The molecule has 11 aliphatic heterocycles. The van der Waals surface area contributed by atoms with Crippen molar-refractivity contribution in [2.75, 3.05) is 6.61 Å². The molecule has 0 unspecified atom stereocenters. The highest BCUT2D eigenvalue weighted by atomic mass is 32.3. The zero-order chi connectivity index (χ0) is 56.6. The molecule has 0 aromatic heterocycles. The van der Waals surface area contributed by atoms with Gasteiger partial charge in [-0.2, -0.15) is 16.8 Å². The fourth-order valence-electron chi connectivity index (χ4n) is 15.3. The summed E-state index contributed by atoms with van der Waals surface area (Å²) in [6, 6.07) is 0. The summed E-state index contributed by atoms with van der Waals surface area (Å²) in [5.41, 5.74) is -4.40. The standard InChI is InChI=1S/C55H82O22S2/c1-10-30(56)27(2)11-14-51(5,58)50-29(4)19-39-38(72-50)25-46-55(9,75-39)49(57)48-42(71-46)23-41-47(73-48)28(3)12-15-53(7)44(70-41)26-43-54(8,77-53)16-13-31-32(69-43)20-34-33(66-31)21-35-36(67-34)22-40-37(68-35)24-45(76-79(62,63)64)52(6,74-40)17-18-65-78(59,60)61/h10-11,14,28,30-50,56-58H,1-2,4,12-13,15-26H2,3,5-9H3,(H,59,60,61)(H,62,63,64)/b14-11+/t28-,30-,31-,32+,33+,34-,35-,36+,37+,38+,39-,40-,41-,42+,43-,44+,45-,46-,47+,48+,49+,50-,51+,52+,53-,54+,55-/m0/s1. The molecule has 446 valence electrons. The molecule has 11 aliphatic rings. The number of ether oxygens (including phenoxy) is 11. The molecule has 5 N–H and O–H groups in total. The maximum Gasteiger partial charge on any atom is 0.397 e. The van der Waals surface area contributed by atoms with E-state index >= 15 is 0 Å². The lowest BCUT2D eigenvalue weighted by Gasteiger charge is -2.61. The van der Waals surface area contributed by atoms with Gasteiger partial charge in [0.25, 0.3) is 0 Å². The van der Waals surface area contributed by atoms with Crippen LogP contribution >= 0.6 is 0 Å². The van der Waals surface area contributed by atoms with Gasteiger partial charge in [0, 0.05) is 51.4 Å². The van der Waals surface area contributed by atoms with Crippen LogP contribution < -0.4 is 0 Å². The zero-order valence-electron chi connectivity index (χ0n) is 45.9.